The molecule has 4 rings (SSSR count). The molecular weight excluding hydrogens is 452 g/mol. The Bertz CT molecular complexity index is 1330. The van der Waals surface area contributed by atoms with E-state index in [1.165, 1.54) is 36.0 Å². The maximum atomic E-state index is 13.0. The number of thioether (sulfide) groups is 1. The van der Waals surface area contributed by atoms with E-state index in [9.17, 15) is 25.0 Å². The van der Waals surface area contributed by atoms with E-state index in [0.29, 0.717) is 20.3 Å². The summed E-state index contributed by atoms with van der Waals surface area (Å²) in [5.41, 5.74) is -0.218. The van der Waals surface area contributed by atoms with Crippen LogP contribution in [0.4, 0.5) is 11.4 Å². The lowest BCUT2D eigenvalue weighted by Crippen LogP contribution is -2.15. The van der Waals surface area contributed by atoms with Crippen LogP contribution in [0.25, 0.3) is 11.0 Å². The summed E-state index contributed by atoms with van der Waals surface area (Å²) in [4.78, 5) is 36.7. The third-order valence-corrected chi connectivity index (χ3v) is 7.63. The van der Waals surface area contributed by atoms with Crippen molar-refractivity contribution in [1.82, 2.24) is 0 Å². The smallest absolute Gasteiger partial charge is 0.393 e. The van der Waals surface area contributed by atoms with Crippen LogP contribution in [0.3, 0.4) is 0 Å². The van der Waals surface area contributed by atoms with Gasteiger partial charge in [0.1, 0.15) is 16.5 Å². The average Bonchev–Trinajstić information content (AvgIpc) is 2.80. The second-order valence-electron chi connectivity index (χ2n) is 6.61. The Balaban J connectivity index is 1.90. The van der Waals surface area contributed by atoms with Gasteiger partial charge >= 0.3 is 5.63 Å². The van der Waals surface area contributed by atoms with Gasteiger partial charge < -0.3 is 4.42 Å². The quantitative estimate of drug-likeness (QED) is 0.122. The van der Waals surface area contributed by atoms with E-state index in [4.69, 9.17) is 4.42 Å². The summed E-state index contributed by atoms with van der Waals surface area (Å²) in [6.45, 7) is 0. The van der Waals surface area contributed by atoms with E-state index in [1.54, 1.807) is 36.4 Å². The first-order chi connectivity index (χ1) is 15.4. The lowest BCUT2D eigenvalue weighted by Gasteiger charge is -2.08. The molecular formula is C22H15N2O6S2+. The van der Waals surface area contributed by atoms with Gasteiger partial charge in [-0.3, -0.25) is 20.2 Å². The van der Waals surface area contributed by atoms with Crippen molar-refractivity contribution in [3.63, 3.8) is 0 Å². The summed E-state index contributed by atoms with van der Waals surface area (Å²) >= 11 is 1.53. The molecule has 0 aliphatic heterocycles. The minimum atomic E-state index is -0.989. The summed E-state index contributed by atoms with van der Waals surface area (Å²) < 4.78 is 5.60. The number of nitrogens with zero attached hydrogens (tertiary/aromatic N) is 2. The van der Waals surface area contributed by atoms with Crippen molar-refractivity contribution in [2.45, 2.75) is 19.6 Å². The molecule has 0 spiro atoms. The van der Waals surface area contributed by atoms with E-state index >= 15 is 0 Å². The van der Waals surface area contributed by atoms with Gasteiger partial charge in [-0.2, -0.15) is 0 Å². The zero-order valence-electron chi connectivity index (χ0n) is 16.6. The highest BCUT2D eigenvalue weighted by Crippen LogP contribution is 2.33. The first kappa shape index (κ1) is 21.6. The molecule has 0 aliphatic rings. The fourth-order valence-corrected chi connectivity index (χ4v) is 5.62. The Hall–Kier alpha value is -3.63. The molecule has 0 radical (unpaired) electrons. The van der Waals surface area contributed by atoms with Gasteiger partial charge in [0.25, 0.3) is 16.3 Å². The minimum Gasteiger partial charge on any atom is -0.419 e. The molecule has 0 amide bonds. The molecule has 0 unspecified atom stereocenters. The summed E-state index contributed by atoms with van der Waals surface area (Å²) in [5.74, 6) is 0. The highest BCUT2D eigenvalue weighted by atomic mass is 32.2. The van der Waals surface area contributed by atoms with E-state index in [2.05, 4.69) is 0 Å². The van der Waals surface area contributed by atoms with Crippen LogP contribution in [0.2, 0.25) is 0 Å². The molecule has 32 heavy (non-hydrogen) atoms. The third kappa shape index (κ3) is 4.23. The van der Waals surface area contributed by atoms with Crippen LogP contribution in [0, 0.1) is 20.2 Å². The topological polar surface area (TPSA) is 116 Å². The van der Waals surface area contributed by atoms with Crippen molar-refractivity contribution < 1.29 is 14.3 Å². The third-order valence-electron chi connectivity index (χ3n) is 4.70. The maximum Gasteiger partial charge on any atom is 0.393 e. The van der Waals surface area contributed by atoms with Crippen LogP contribution in [-0.4, -0.2) is 16.1 Å². The molecule has 4 aromatic rings. The van der Waals surface area contributed by atoms with Gasteiger partial charge in [0.15, 0.2) is 9.79 Å². The number of nitro benzene ring substituents is 2. The molecule has 0 saturated heterocycles. The van der Waals surface area contributed by atoms with Crippen molar-refractivity contribution >= 4 is 45.0 Å². The lowest BCUT2D eigenvalue weighted by molar-refractivity contribution is -0.385. The number of hydrogen-bond acceptors (Lipinski definition) is 7. The normalized spacial score (nSPS) is 11.1. The zero-order chi connectivity index (χ0) is 22.8. The van der Waals surface area contributed by atoms with Gasteiger partial charge in [0.2, 0.25) is 0 Å². The standard InChI is InChI=1S/C22H15N2O6S2/c1-31-17-7-2-14-12-21(22(25)30-20(14)13-17)32(18-8-3-15(4-9-18)23(26)27)19-10-5-16(6-11-19)24(28)29/h2-13H,1H3/q+1. The van der Waals surface area contributed by atoms with Gasteiger partial charge in [-0.15, -0.1) is 11.8 Å². The highest BCUT2D eigenvalue weighted by Gasteiger charge is 2.34. The fraction of sp³-hybridized carbons (Fsp3) is 0.0455. The van der Waals surface area contributed by atoms with Crippen molar-refractivity contribution in [3.05, 3.63) is 103 Å². The van der Waals surface area contributed by atoms with Crippen LogP contribution in [0.15, 0.2) is 102 Å². The molecule has 8 nitrogen and oxygen atoms in total. The molecule has 160 valence electrons. The van der Waals surface area contributed by atoms with E-state index in [-0.39, 0.29) is 11.4 Å². The van der Waals surface area contributed by atoms with Gasteiger partial charge in [-0.1, -0.05) is 0 Å². The Morgan fingerprint density at radius 3 is 1.81 bits per heavy atom. The zero-order valence-corrected chi connectivity index (χ0v) is 18.2. The summed E-state index contributed by atoms with van der Waals surface area (Å²) in [6, 6.07) is 19.1. The second-order valence-corrected chi connectivity index (χ2v) is 9.48. The van der Waals surface area contributed by atoms with Gasteiger partial charge in [-0.25, -0.2) is 4.79 Å². The van der Waals surface area contributed by atoms with Crippen molar-refractivity contribution in [2.24, 2.45) is 0 Å². The molecule has 0 bridgehead atoms. The number of rotatable bonds is 6. The predicted molar refractivity (Wildman–Crippen MR) is 123 cm³/mol. The van der Waals surface area contributed by atoms with E-state index in [0.717, 1.165) is 10.3 Å². The van der Waals surface area contributed by atoms with Gasteiger partial charge in [0, 0.05) is 64.9 Å². The fourth-order valence-electron chi connectivity index (χ4n) is 3.14. The molecule has 0 fully saturated rings. The first-order valence-electron chi connectivity index (χ1n) is 9.22. The monoisotopic (exact) mass is 467 g/mol. The molecule has 0 atom stereocenters. The summed E-state index contributed by atoms with van der Waals surface area (Å²) in [7, 11) is -0.989. The Morgan fingerprint density at radius 2 is 1.34 bits per heavy atom. The molecule has 1 heterocycles. The average molecular weight is 468 g/mol. The number of benzene rings is 3. The van der Waals surface area contributed by atoms with Crippen molar-refractivity contribution in [3.8, 4) is 0 Å². The Labute approximate surface area is 188 Å². The van der Waals surface area contributed by atoms with Crippen LogP contribution in [-0.2, 0) is 10.9 Å². The van der Waals surface area contributed by atoms with Gasteiger partial charge in [0.05, 0.1) is 9.85 Å². The number of hydrogen-bond donors (Lipinski definition) is 0. The van der Waals surface area contributed by atoms with E-state index < -0.39 is 26.4 Å². The Kier molecular flexibility index (Phi) is 5.97. The largest absolute Gasteiger partial charge is 0.419 e. The first-order valence-corrected chi connectivity index (χ1v) is 11.7. The van der Waals surface area contributed by atoms with Crippen LogP contribution in [0.5, 0.6) is 0 Å². The number of non-ortho nitro benzene ring substituents is 2. The summed E-state index contributed by atoms with van der Waals surface area (Å²) in [5, 5.41) is 22.8. The van der Waals surface area contributed by atoms with E-state index in [1.807, 2.05) is 18.4 Å². The molecule has 0 saturated carbocycles. The van der Waals surface area contributed by atoms with Gasteiger partial charge in [-0.05, 0) is 24.5 Å². The highest BCUT2D eigenvalue weighted by molar-refractivity contribution is 7.98. The number of nitro groups is 2. The van der Waals surface area contributed by atoms with Crippen molar-refractivity contribution in [2.75, 3.05) is 6.26 Å². The molecule has 0 aliphatic carbocycles. The second kappa shape index (κ2) is 8.85. The summed E-state index contributed by atoms with van der Waals surface area (Å²) in [6.07, 6.45) is 1.92. The SMILES string of the molecule is CSc1ccc2cc([S+](c3ccc([N+](=O)[O-])cc3)c3ccc([N+](=O)[O-])cc3)c(=O)oc2c1. The van der Waals surface area contributed by atoms with Crippen LogP contribution >= 0.6 is 11.8 Å². The lowest BCUT2D eigenvalue weighted by atomic mass is 10.2. The Morgan fingerprint density at radius 1 is 0.812 bits per heavy atom. The molecule has 1 aromatic heterocycles. The van der Waals surface area contributed by atoms with Crippen LogP contribution in [0.1, 0.15) is 0 Å². The maximum absolute atomic E-state index is 13.0. The molecule has 0 N–H and O–H groups in total. The predicted octanol–water partition coefficient (Wildman–Crippen LogP) is 5.43. The minimum absolute atomic E-state index is 0.0730. The van der Waals surface area contributed by atoms with Crippen LogP contribution < -0.4 is 5.63 Å². The molecule has 10 heteroatoms. The number of fused-ring (bicyclic) bond motifs is 1. The molecule has 3 aromatic carbocycles. The van der Waals surface area contributed by atoms with Crippen molar-refractivity contribution in [1.29, 1.82) is 0 Å².